The number of likely N-dealkylation sites (tertiary alicyclic amines) is 2. The van der Waals surface area contributed by atoms with Crippen molar-refractivity contribution >= 4 is 40.0 Å². The van der Waals surface area contributed by atoms with Crippen molar-refractivity contribution in [2.24, 2.45) is 45.5 Å². The number of esters is 1. The van der Waals surface area contributed by atoms with E-state index in [9.17, 15) is 39.6 Å². The van der Waals surface area contributed by atoms with Gasteiger partial charge in [0.25, 0.3) is 11.7 Å². The highest BCUT2D eigenvalue weighted by molar-refractivity contribution is 6.19. The third-order valence-electron chi connectivity index (χ3n) is 14.9. The largest absolute Gasteiger partial charge is 0.507 e. The number of hydrogen-bond acceptors (Lipinski definition) is 14. The van der Waals surface area contributed by atoms with Crippen LogP contribution in [0.4, 0.5) is 5.69 Å². The Morgan fingerprint density at radius 3 is 2.25 bits per heavy atom. The molecule has 0 radical (unpaired) electrons. The quantitative estimate of drug-likeness (QED) is 0.137. The standard InChI is InChI=1S/C52H71N5O11/c1-27(2)26-56-22-18-52(19-23-56)54-40-37-38-45(62)34(9)48-39(37)49(64)51(10,68-48)66-24-12-15-30(5)47(67-36(59)25-35(58)57-20-16-28(3)17-21-57)33(8)44(61)32(7)43(60)29(4)13-11-14-31(6)50(65)53-42(46(38)63)41(40)55-52/h11-14,24,27-30,32-33,43-44,47,60-63H,15-23,25-26H2,1-10H3,(H,53,65)/b13-11+,24-12+,31-14-/t29?,30-,32-,33-,43+,44-,47?,51?/m1/s1. The lowest BCUT2D eigenvalue weighted by Gasteiger charge is -2.36. The summed E-state index contributed by atoms with van der Waals surface area (Å²) in [5, 5.41) is 50.7. The molecule has 0 aromatic heterocycles. The summed E-state index contributed by atoms with van der Waals surface area (Å²) >= 11 is 0. The summed E-state index contributed by atoms with van der Waals surface area (Å²) in [5.74, 6) is -6.38. The highest BCUT2D eigenvalue weighted by Gasteiger charge is 2.50. The Labute approximate surface area is 398 Å². The number of aliphatic hydroxyl groups is 2. The first-order valence-corrected chi connectivity index (χ1v) is 24.4. The third-order valence-corrected chi connectivity index (χ3v) is 14.9. The summed E-state index contributed by atoms with van der Waals surface area (Å²) in [5.41, 5.74) is -0.575. The molecule has 2 aromatic carbocycles. The van der Waals surface area contributed by atoms with Gasteiger partial charge in [0.15, 0.2) is 11.4 Å². The first-order chi connectivity index (χ1) is 32.1. The maximum atomic E-state index is 14.8. The average Bonchev–Trinajstić information content (AvgIpc) is 3.80. The molecular weight excluding hydrogens is 871 g/mol. The highest BCUT2D eigenvalue weighted by atomic mass is 16.7. The van der Waals surface area contributed by atoms with Crippen LogP contribution in [-0.2, 0) is 23.9 Å². The minimum absolute atomic E-state index is 0.0433. The molecule has 0 aliphatic carbocycles. The number of amides is 2. The van der Waals surface area contributed by atoms with Crippen molar-refractivity contribution in [1.82, 2.24) is 9.80 Å². The number of phenolic OH excluding ortho intramolecular Hbond substituents is 2. The number of carbonyl (C=O) groups is 4. The maximum absolute atomic E-state index is 14.8. The third kappa shape index (κ3) is 9.91. The van der Waals surface area contributed by atoms with E-state index in [1.807, 2.05) is 6.92 Å². The summed E-state index contributed by atoms with van der Waals surface area (Å²) in [6.07, 6.45) is 7.34. The number of ether oxygens (including phenoxy) is 3. The van der Waals surface area contributed by atoms with E-state index in [1.54, 1.807) is 63.8 Å². The molecule has 68 heavy (non-hydrogen) atoms. The van der Waals surface area contributed by atoms with Crippen LogP contribution in [0.15, 0.2) is 46.1 Å². The molecule has 370 valence electrons. The number of aromatic hydroxyl groups is 2. The van der Waals surface area contributed by atoms with Crippen molar-refractivity contribution < 1.29 is 53.8 Å². The second kappa shape index (κ2) is 20.0. The number of ketones is 1. The average molecular weight is 942 g/mol. The van der Waals surface area contributed by atoms with E-state index < -0.39 is 83.3 Å². The molecule has 6 aliphatic heterocycles. The van der Waals surface area contributed by atoms with Gasteiger partial charge in [0.2, 0.25) is 5.91 Å². The Hall–Kier alpha value is -5.32. The molecule has 5 bridgehead atoms. The zero-order valence-electron chi connectivity index (χ0n) is 41.3. The number of piperidine rings is 2. The Morgan fingerprint density at radius 1 is 0.926 bits per heavy atom. The lowest BCUT2D eigenvalue weighted by atomic mass is 9.79. The number of benzene rings is 2. The maximum Gasteiger partial charge on any atom is 0.315 e. The fourth-order valence-corrected chi connectivity index (χ4v) is 10.4. The number of hydrogen-bond donors (Lipinski definition) is 5. The summed E-state index contributed by atoms with van der Waals surface area (Å²) in [6.45, 7) is 21.6. The van der Waals surface area contributed by atoms with Crippen molar-refractivity contribution in [3.8, 4) is 17.2 Å². The molecule has 8 rings (SSSR count). The van der Waals surface area contributed by atoms with Gasteiger partial charge in [0.05, 0.1) is 34.8 Å². The van der Waals surface area contributed by atoms with Crippen LogP contribution in [0, 0.1) is 42.4 Å². The Kier molecular flexibility index (Phi) is 14.8. The van der Waals surface area contributed by atoms with Gasteiger partial charge in [0.1, 0.15) is 35.1 Å². The Morgan fingerprint density at radius 2 is 1.59 bits per heavy atom. The molecule has 6 heterocycles. The van der Waals surface area contributed by atoms with E-state index in [0.29, 0.717) is 50.9 Å². The highest BCUT2D eigenvalue weighted by Crippen LogP contribution is 2.50. The normalized spacial score (nSPS) is 31.0. The van der Waals surface area contributed by atoms with Gasteiger partial charge >= 0.3 is 11.8 Å². The molecule has 2 saturated heterocycles. The Balaban J connectivity index is 1.28. The van der Waals surface area contributed by atoms with Gasteiger partial charge in [-0.1, -0.05) is 66.7 Å². The van der Waals surface area contributed by atoms with Crippen molar-refractivity contribution in [2.45, 2.75) is 138 Å². The number of carbonyl (C=O) groups excluding carboxylic acids is 4. The minimum atomic E-state index is -1.94. The lowest BCUT2D eigenvalue weighted by Crippen LogP contribution is -2.45. The van der Waals surface area contributed by atoms with E-state index in [-0.39, 0.29) is 67.7 Å². The van der Waals surface area contributed by atoms with E-state index in [1.165, 1.54) is 13.2 Å². The molecule has 6 aliphatic rings. The van der Waals surface area contributed by atoms with Crippen molar-refractivity contribution in [1.29, 1.82) is 0 Å². The zero-order chi connectivity index (χ0) is 49.6. The number of rotatable bonds is 5. The number of allylic oxidation sites excluding steroid dienone is 3. The smallest absolute Gasteiger partial charge is 0.315 e. The van der Waals surface area contributed by atoms with Crippen LogP contribution in [0.5, 0.6) is 17.2 Å². The summed E-state index contributed by atoms with van der Waals surface area (Å²) in [6, 6.07) is 0. The van der Waals surface area contributed by atoms with Gasteiger partial charge in [-0.05, 0) is 56.9 Å². The van der Waals surface area contributed by atoms with Crippen LogP contribution in [-0.4, -0.2) is 116 Å². The van der Waals surface area contributed by atoms with Crippen LogP contribution in [0.1, 0.15) is 117 Å². The monoisotopic (exact) mass is 942 g/mol. The Bertz CT molecular complexity index is 2540. The van der Waals surface area contributed by atoms with Gasteiger partial charge in [-0.25, -0.2) is 0 Å². The van der Waals surface area contributed by atoms with Crippen molar-refractivity contribution in [3.63, 3.8) is 0 Å². The molecule has 1 spiro atoms. The second-order valence-electron chi connectivity index (χ2n) is 20.8. The van der Waals surface area contributed by atoms with Gasteiger partial charge < -0.3 is 49.8 Å². The van der Waals surface area contributed by atoms with E-state index in [2.05, 4.69) is 31.0 Å². The first-order valence-electron chi connectivity index (χ1n) is 24.4. The molecule has 0 saturated carbocycles. The van der Waals surface area contributed by atoms with Gasteiger partial charge in [0, 0.05) is 86.8 Å². The molecule has 16 heteroatoms. The summed E-state index contributed by atoms with van der Waals surface area (Å²) in [7, 11) is 0. The molecular formula is C52H71N5O11. The molecule has 5 N–H and O–H groups in total. The second-order valence-corrected chi connectivity index (χ2v) is 20.8. The van der Waals surface area contributed by atoms with Crippen LogP contribution in [0.25, 0.3) is 10.8 Å². The predicted octanol–water partition coefficient (Wildman–Crippen LogP) is 5.75. The molecule has 16 nitrogen and oxygen atoms in total. The molecule has 2 fully saturated rings. The SMILES string of the molecule is C/C1=C/C=C/C(C)[C@H](O)[C@@H](C)[C@@H](O)[C@@H](C)C(OC(=O)CC(=O)N2CCC(C)CC2)[C@H](C)C/C=C/OC2(C)Oc3c(C)c(O)c4c(O)c(c5c(c4c3C2=O)=NC2(CCN(CC(C)C)CC2)N=5)NC1=O. The molecule has 8 atom stereocenters. The number of nitrogens with one attached hydrogen (secondary N) is 1. The number of aliphatic hydroxyl groups excluding tert-OH is 2. The number of fused-ring (bicyclic) bond motifs is 13. The fraction of sp³-hybridized carbons (Fsp3) is 0.615. The topological polar surface area (TPSA) is 220 Å². The first kappa shape index (κ1) is 50.6. The van der Waals surface area contributed by atoms with E-state index in [0.717, 1.165) is 19.4 Å². The predicted molar refractivity (Wildman–Crippen MR) is 255 cm³/mol. The van der Waals surface area contributed by atoms with E-state index in [4.69, 9.17) is 24.2 Å². The number of phenols is 2. The van der Waals surface area contributed by atoms with Crippen LogP contribution >= 0.6 is 0 Å². The fourth-order valence-electron chi connectivity index (χ4n) is 10.4. The number of anilines is 1. The van der Waals surface area contributed by atoms with Crippen molar-refractivity contribution in [3.05, 3.63) is 58.0 Å². The van der Waals surface area contributed by atoms with E-state index >= 15 is 0 Å². The van der Waals surface area contributed by atoms with Crippen LogP contribution in [0.2, 0.25) is 0 Å². The van der Waals surface area contributed by atoms with Crippen molar-refractivity contribution in [2.75, 3.05) is 38.0 Å². The van der Waals surface area contributed by atoms with Gasteiger partial charge in [-0.3, -0.25) is 29.2 Å². The van der Waals surface area contributed by atoms with Gasteiger partial charge in [-0.2, -0.15) is 0 Å². The van der Waals surface area contributed by atoms with Gasteiger partial charge in [-0.15, -0.1) is 0 Å². The summed E-state index contributed by atoms with van der Waals surface area (Å²) < 4.78 is 18.5. The van der Waals surface area contributed by atoms with Crippen LogP contribution < -0.4 is 20.8 Å². The molecule has 2 amide bonds. The molecule has 3 unspecified atom stereocenters. The summed E-state index contributed by atoms with van der Waals surface area (Å²) in [4.78, 5) is 69.8. The lowest BCUT2D eigenvalue weighted by molar-refractivity contribution is -0.162. The number of Topliss-reactive ketones (excluding diaryl/α,β-unsaturated/α-hetero) is 1. The van der Waals surface area contributed by atoms with Crippen LogP contribution in [0.3, 0.4) is 0 Å². The zero-order valence-corrected chi connectivity index (χ0v) is 41.3. The number of nitrogens with zero attached hydrogens (tertiary/aromatic N) is 4. The molecule has 2 aromatic rings. The minimum Gasteiger partial charge on any atom is -0.507 e.